The van der Waals surface area contributed by atoms with Gasteiger partial charge in [0.25, 0.3) is 5.95 Å². The number of hydrogen-bond donors (Lipinski definition) is 1. The first-order valence-electron chi connectivity index (χ1n) is 7.57. The van der Waals surface area contributed by atoms with Gasteiger partial charge in [0, 0.05) is 6.07 Å². The first-order valence-corrected chi connectivity index (χ1v) is 8.72. The van der Waals surface area contributed by atoms with Crippen LogP contribution in [0.4, 0.5) is 19.1 Å². The number of aromatic nitrogens is 4. The highest BCUT2D eigenvalue weighted by Gasteiger charge is 2.40. The van der Waals surface area contributed by atoms with Gasteiger partial charge in [-0.1, -0.05) is 6.07 Å². The van der Waals surface area contributed by atoms with Crippen molar-refractivity contribution < 1.29 is 31.9 Å². The van der Waals surface area contributed by atoms with Gasteiger partial charge in [0.15, 0.2) is 11.5 Å². The lowest BCUT2D eigenvalue weighted by Gasteiger charge is -2.17. The van der Waals surface area contributed by atoms with Crippen LogP contribution in [0.25, 0.3) is 5.65 Å². The second kappa shape index (κ2) is 7.59. The lowest BCUT2D eigenvalue weighted by Crippen LogP contribution is -2.20. The van der Waals surface area contributed by atoms with Crippen LogP contribution in [0.5, 0.6) is 17.4 Å². The van der Waals surface area contributed by atoms with E-state index in [1.807, 2.05) is 0 Å². The molecule has 0 aliphatic rings. The normalized spacial score (nSPS) is 12.7. The van der Waals surface area contributed by atoms with E-state index in [0.29, 0.717) is 0 Å². The van der Waals surface area contributed by atoms with Gasteiger partial charge in [-0.05, 0) is 12.1 Å². The molecule has 0 radical (unpaired) electrons. The minimum absolute atomic E-state index is 0.152. The highest BCUT2D eigenvalue weighted by molar-refractivity contribution is 7.92. The summed E-state index contributed by atoms with van der Waals surface area (Å²) in [6.07, 6.45) is -4.73. The van der Waals surface area contributed by atoms with Gasteiger partial charge < -0.3 is 18.8 Å². The molecule has 0 fully saturated rings. The lowest BCUT2D eigenvalue weighted by molar-refractivity contribution is -0.140. The van der Waals surface area contributed by atoms with Crippen LogP contribution >= 0.6 is 0 Å². The Hall–Kier alpha value is -2.93. The maximum absolute atomic E-state index is 13.3. The van der Waals surface area contributed by atoms with Crippen LogP contribution in [0.1, 0.15) is 5.56 Å². The average molecular weight is 417 g/mol. The number of hydrogen-bond acceptors (Lipinski definition) is 8. The zero-order valence-electron chi connectivity index (χ0n) is 14.8. The monoisotopic (exact) mass is 417 g/mol. The van der Waals surface area contributed by atoms with Crippen molar-refractivity contribution in [3.63, 3.8) is 0 Å². The van der Waals surface area contributed by atoms with Crippen LogP contribution < -0.4 is 18.9 Å². The van der Waals surface area contributed by atoms with Crippen molar-refractivity contribution in [3.8, 4) is 17.4 Å². The van der Waals surface area contributed by atoms with E-state index in [1.54, 1.807) is 0 Å². The SMILES string of the molecule is COc1cc(OC)c2nc(N[S+]([O-])c3c(OC)cccc3C(F)(F)F)nn2n1. The minimum Gasteiger partial charge on any atom is -0.588 e. The molecule has 3 aromatic rings. The molecule has 0 saturated carbocycles. The predicted octanol–water partition coefficient (Wildman–Crippen LogP) is 2.30. The summed E-state index contributed by atoms with van der Waals surface area (Å²) in [5.41, 5.74) is -0.947. The summed E-state index contributed by atoms with van der Waals surface area (Å²) in [5.74, 6) is 0.00989. The maximum atomic E-state index is 13.3. The van der Waals surface area contributed by atoms with E-state index in [0.717, 1.165) is 16.8 Å². The van der Waals surface area contributed by atoms with Crippen LogP contribution in [-0.4, -0.2) is 45.7 Å². The topological polar surface area (TPSA) is 106 Å². The third-order valence-electron chi connectivity index (χ3n) is 3.56. The minimum atomic E-state index is -4.73. The van der Waals surface area contributed by atoms with Gasteiger partial charge in [-0.3, -0.25) is 0 Å². The zero-order chi connectivity index (χ0) is 20.5. The molecule has 1 atom stereocenters. The second-order valence-corrected chi connectivity index (χ2v) is 6.36. The molecular weight excluding hydrogens is 403 g/mol. The van der Waals surface area contributed by atoms with E-state index in [9.17, 15) is 17.7 Å². The average Bonchev–Trinajstić information content (AvgIpc) is 3.07. The molecule has 0 amide bonds. The highest BCUT2D eigenvalue weighted by Crippen LogP contribution is 2.39. The van der Waals surface area contributed by atoms with E-state index in [4.69, 9.17) is 14.2 Å². The van der Waals surface area contributed by atoms with E-state index < -0.39 is 28.0 Å². The molecule has 1 aromatic carbocycles. The van der Waals surface area contributed by atoms with Crippen molar-refractivity contribution in [2.24, 2.45) is 0 Å². The Labute approximate surface area is 159 Å². The standard InChI is InChI=1S/C15H14F3N5O4S/c1-25-9-6-4-5-8(15(16,17)18)12(9)28(24)22-14-19-13-10(26-2)7-11(27-3)20-23(13)21-14/h4-7H,1-3H3,(H,21,22). The Morgan fingerprint density at radius 3 is 2.39 bits per heavy atom. The van der Waals surface area contributed by atoms with Crippen LogP contribution in [0, 0.1) is 0 Å². The molecule has 2 aromatic heterocycles. The summed E-state index contributed by atoms with van der Waals surface area (Å²) < 4.78 is 71.1. The maximum Gasteiger partial charge on any atom is 0.421 e. The van der Waals surface area contributed by atoms with Crippen molar-refractivity contribution in [2.45, 2.75) is 11.1 Å². The molecule has 0 aliphatic heterocycles. The fourth-order valence-corrected chi connectivity index (χ4v) is 3.42. The van der Waals surface area contributed by atoms with E-state index >= 15 is 0 Å². The number of anilines is 1. The van der Waals surface area contributed by atoms with Gasteiger partial charge in [-0.15, -0.1) is 14.8 Å². The van der Waals surface area contributed by atoms with Crippen LogP contribution in [0.15, 0.2) is 29.2 Å². The van der Waals surface area contributed by atoms with Gasteiger partial charge in [0.05, 0.1) is 21.3 Å². The van der Waals surface area contributed by atoms with Crippen LogP contribution in [0.3, 0.4) is 0 Å². The Balaban J connectivity index is 2.01. The number of nitrogens with zero attached hydrogens (tertiary/aromatic N) is 4. The number of benzene rings is 1. The predicted molar refractivity (Wildman–Crippen MR) is 91.9 cm³/mol. The lowest BCUT2D eigenvalue weighted by atomic mass is 10.2. The Morgan fingerprint density at radius 1 is 1.07 bits per heavy atom. The van der Waals surface area contributed by atoms with Crippen molar-refractivity contribution in [2.75, 3.05) is 26.1 Å². The van der Waals surface area contributed by atoms with Crippen molar-refractivity contribution in [1.82, 2.24) is 19.8 Å². The zero-order valence-corrected chi connectivity index (χ0v) is 15.6. The first-order chi connectivity index (χ1) is 13.3. The third-order valence-corrected chi connectivity index (χ3v) is 4.72. The molecule has 13 heteroatoms. The van der Waals surface area contributed by atoms with Crippen molar-refractivity contribution >= 4 is 23.0 Å². The molecule has 0 aliphatic carbocycles. The number of halogens is 3. The Morgan fingerprint density at radius 2 is 1.79 bits per heavy atom. The van der Waals surface area contributed by atoms with Gasteiger partial charge in [0.1, 0.15) is 16.9 Å². The number of fused-ring (bicyclic) bond motifs is 1. The number of ether oxygens (including phenoxy) is 3. The molecule has 1 unspecified atom stereocenters. The highest BCUT2D eigenvalue weighted by atomic mass is 32.2. The molecule has 9 nitrogen and oxygen atoms in total. The van der Waals surface area contributed by atoms with E-state index in [1.165, 1.54) is 33.5 Å². The van der Waals surface area contributed by atoms with Crippen molar-refractivity contribution in [3.05, 3.63) is 29.8 Å². The second-order valence-electron chi connectivity index (χ2n) is 5.21. The summed E-state index contributed by atoms with van der Waals surface area (Å²) in [6.45, 7) is 0. The molecule has 2 heterocycles. The summed E-state index contributed by atoms with van der Waals surface area (Å²) in [7, 11) is 3.96. The quantitative estimate of drug-likeness (QED) is 0.609. The van der Waals surface area contributed by atoms with E-state index in [2.05, 4.69) is 19.9 Å². The van der Waals surface area contributed by atoms with Gasteiger partial charge in [0.2, 0.25) is 16.4 Å². The summed E-state index contributed by atoms with van der Waals surface area (Å²) in [6, 6.07) is 4.69. The molecule has 0 bridgehead atoms. The molecule has 28 heavy (non-hydrogen) atoms. The van der Waals surface area contributed by atoms with Gasteiger partial charge >= 0.3 is 6.18 Å². The summed E-state index contributed by atoms with van der Waals surface area (Å²) in [5, 5.41) is 7.94. The third kappa shape index (κ3) is 3.71. The van der Waals surface area contributed by atoms with Gasteiger partial charge in [-0.25, -0.2) is 0 Å². The number of alkyl halides is 3. The van der Waals surface area contributed by atoms with Crippen LogP contribution in [0.2, 0.25) is 0 Å². The number of rotatable bonds is 6. The fraction of sp³-hybridized carbons (Fsp3) is 0.267. The molecule has 0 saturated heterocycles. The smallest absolute Gasteiger partial charge is 0.421 e. The number of nitrogens with one attached hydrogen (secondary N) is 1. The molecule has 150 valence electrons. The summed E-state index contributed by atoms with van der Waals surface area (Å²) in [4.78, 5) is 3.48. The Bertz CT molecular complexity index is 998. The van der Waals surface area contributed by atoms with Crippen LogP contribution in [-0.2, 0) is 17.5 Å². The van der Waals surface area contributed by atoms with Crippen molar-refractivity contribution in [1.29, 1.82) is 0 Å². The first kappa shape index (κ1) is 19.8. The molecular formula is C15H14F3N5O4S. The largest absolute Gasteiger partial charge is 0.588 e. The summed E-state index contributed by atoms with van der Waals surface area (Å²) >= 11 is -2.38. The molecule has 1 N–H and O–H groups in total. The molecule has 0 spiro atoms. The van der Waals surface area contributed by atoms with Gasteiger partial charge in [-0.2, -0.15) is 22.9 Å². The molecule has 3 rings (SSSR count). The van der Waals surface area contributed by atoms with E-state index in [-0.39, 0.29) is 29.0 Å². The fourth-order valence-electron chi connectivity index (χ4n) is 2.34. The number of methoxy groups -OCH3 is 3. The Kier molecular flexibility index (Phi) is 5.38.